The standard InChI is InChI=1S/C27H20N4O3S/c1-2-16-30-26(32)25(35-27(30)28-24-11-5-8-19-7-3-4-10-23(19)24)18-22-9-6-17-29(22)20-12-14-21(15-13-20)31(33)34/h2-15,17-18H,1,16H2/b25-18-,28-27?. The van der Waals surface area contributed by atoms with Gasteiger partial charge in [0.25, 0.3) is 11.6 Å². The molecule has 1 fully saturated rings. The van der Waals surface area contributed by atoms with Gasteiger partial charge in [-0.2, -0.15) is 0 Å². The monoisotopic (exact) mass is 480 g/mol. The molecule has 1 saturated heterocycles. The number of non-ortho nitro benzene ring substituents is 1. The second-order valence-corrected chi connectivity index (χ2v) is 8.79. The first-order chi connectivity index (χ1) is 17.0. The Kier molecular flexibility index (Phi) is 6.03. The van der Waals surface area contributed by atoms with Gasteiger partial charge in [0, 0.05) is 41.6 Å². The van der Waals surface area contributed by atoms with Crippen LogP contribution in [0.1, 0.15) is 5.69 Å². The Balaban J connectivity index is 1.51. The molecule has 0 unspecified atom stereocenters. The van der Waals surface area contributed by atoms with Gasteiger partial charge in [0.05, 0.1) is 15.5 Å². The molecule has 0 aliphatic carbocycles. The quantitative estimate of drug-likeness (QED) is 0.140. The lowest BCUT2D eigenvalue weighted by atomic mass is 10.1. The van der Waals surface area contributed by atoms with E-state index in [9.17, 15) is 14.9 Å². The SMILES string of the molecule is C=CCN1C(=O)/C(=C/c2cccn2-c2ccc([N+](=O)[O-])cc2)SC1=Nc1cccc2ccccc12. The largest absolute Gasteiger partial charge is 0.317 e. The predicted molar refractivity (Wildman–Crippen MR) is 141 cm³/mol. The molecule has 5 rings (SSSR count). The van der Waals surface area contributed by atoms with Crippen LogP contribution in [-0.4, -0.2) is 32.0 Å². The summed E-state index contributed by atoms with van der Waals surface area (Å²) < 4.78 is 1.88. The van der Waals surface area contributed by atoms with Crippen molar-refractivity contribution in [2.45, 2.75) is 0 Å². The molecule has 2 heterocycles. The lowest BCUT2D eigenvalue weighted by Crippen LogP contribution is -2.29. The number of amides is 1. The van der Waals surface area contributed by atoms with E-state index in [-0.39, 0.29) is 11.6 Å². The van der Waals surface area contributed by atoms with Gasteiger partial charge in [-0.25, -0.2) is 4.99 Å². The average Bonchev–Trinajstić information content (AvgIpc) is 3.45. The highest BCUT2D eigenvalue weighted by Crippen LogP contribution is 2.36. The first-order valence-electron chi connectivity index (χ1n) is 10.9. The molecular formula is C27H20N4O3S. The molecule has 1 aliphatic heterocycles. The summed E-state index contributed by atoms with van der Waals surface area (Å²) >= 11 is 1.32. The lowest BCUT2D eigenvalue weighted by Gasteiger charge is -2.13. The van der Waals surface area contributed by atoms with Crippen LogP contribution < -0.4 is 0 Å². The zero-order chi connectivity index (χ0) is 24.4. The number of aliphatic imine (C=N–C) groups is 1. The number of rotatable bonds is 6. The van der Waals surface area contributed by atoms with Gasteiger partial charge in [-0.05, 0) is 53.6 Å². The van der Waals surface area contributed by atoms with Crippen LogP contribution in [0.3, 0.4) is 0 Å². The third kappa shape index (κ3) is 4.39. The number of carbonyl (C=O) groups is 1. The number of hydrogen-bond acceptors (Lipinski definition) is 5. The van der Waals surface area contributed by atoms with Crippen LogP contribution in [-0.2, 0) is 4.79 Å². The Hall–Kier alpha value is -4.43. The maximum Gasteiger partial charge on any atom is 0.269 e. The van der Waals surface area contributed by atoms with E-state index in [2.05, 4.69) is 6.58 Å². The van der Waals surface area contributed by atoms with Crippen molar-refractivity contribution in [3.8, 4) is 5.69 Å². The van der Waals surface area contributed by atoms with Gasteiger partial charge < -0.3 is 4.57 Å². The highest BCUT2D eigenvalue weighted by molar-refractivity contribution is 8.18. The number of nitro benzene ring substituents is 1. The Labute approximate surface area is 205 Å². The molecule has 8 heteroatoms. The Morgan fingerprint density at radius 1 is 1.00 bits per heavy atom. The molecule has 0 saturated carbocycles. The molecule has 0 atom stereocenters. The number of amidine groups is 1. The van der Waals surface area contributed by atoms with Crippen LogP contribution in [0.5, 0.6) is 0 Å². The van der Waals surface area contributed by atoms with Crippen LogP contribution in [0, 0.1) is 10.1 Å². The first-order valence-corrected chi connectivity index (χ1v) is 11.7. The molecule has 172 valence electrons. The summed E-state index contributed by atoms with van der Waals surface area (Å²) in [6.07, 6.45) is 5.35. The summed E-state index contributed by atoms with van der Waals surface area (Å²) in [6.45, 7) is 4.14. The number of thioether (sulfide) groups is 1. The van der Waals surface area contributed by atoms with Crippen molar-refractivity contribution in [1.82, 2.24) is 9.47 Å². The fourth-order valence-electron chi connectivity index (χ4n) is 3.91. The molecule has 7 nitrogen and oxygen atoms in total. The van der Waals surface area contributed by atoms with Crippen molar-refractivity contribution in [3.05, 3.63) is 118 Å². The van der Waals surface area contributed by atoms with E-state index in [1.807, 2.05) is 71.4 Å². The Morgan fingerprint density at radius 2 is 1.77 bits per heavy atom. The smallest absolute Gasteiger partial charge is 0.269 e. The summed E-state index contributed by atoms with van der Waals surface area (Å²) in [7, 11) is 0. The minimum absolute atomic E-state index is 0.0247. The van der Waals surface area contributed by atoms with E-state index >= 15 is 0 Å². The van der Waals surface area contributed by atoms with E-state index in [1.165, 1.54) is 23.9 Å². The molecule has 35 heavy (non-hydrogen) atoms. The third-order valence-electron chi connectivity index (χ3n) is 5.58. The molecule has 3 aromatic carbocycles. The van der Waals surface area contributed by atoms with Crippen molar-refractivity contribution in [1.29, 1.82) is 0 Å². The van der Waals surface area contributed by atoms with Gasteiger partial charge in [-0.3, -0.25) is 19.8 Å². The highest BCUT2D eigenvalue weighted by atomic mass is 32.2. The van der Waals surface area contributed by atoms with Gasteiger partial charge >= 0.3 is 0 Å². The van der Waals surface area contributed by atoms with Crippen LogP contribution >= 0.6 is 11.8 Å². The van der Waals surface area contributed by atoms with E-state index < -0.39 is 4.92 Å². The summed E-state index contributed by atoms with van der Waals surface area (Å²) in [5, 5.41) is 13.7. The third-order valence-corrected chi connectivity index (χ3v) is 6.59. The highest BCUT2D eigenvalue weighted by Gasteiger charge is 2.33. The van der Waals surface area contributed by atoms with Crippen molar-refractivity contribution < 1.29 is 9.72 Å². The molecule has 0 spiro atoms. The predicted octanol–water partition coefficient (Wildman–Crippen LogP) is 6.33. The average molecular weight is 481 g/mol. The summed E-state index contributed by atoms with van der Waals surface area (Å²) in [5.74, 6) is -0.148. The zero-order valence-corrected chi connectivity index (χ0v) is 19.4. The number of carbonyl (C=O) groups excluding carboxylic acids is 1. The van der Waals surface area contributed by atoms with Gasteiger partial charge in [-0.1, -0.05) is 42.5 Å². The number of nitrogens with zero attached hydrogens (tertiary/aromatic N) is 4. The minimum Gasteiger partial charge on any atom is -0.317 e. The molecule has 0 radical (unpaired) electrons. The molecule has 4 aromatic rings. The van der Waals surface area contributed by atoms with E-state index in [4.69, 9.17) is 4.99 Å². The van der Waals surface area contributed by atoms with Crippen LogP contribution in [0.15, 0.2) is 108 Å². The molecular weight excluding hydrogens is 460 g/mol. The fraction of sp³-hybridized carbons (Fsp3) is 0.0370. The topological polar surface area (TPSA) is 80.7 Å². The van der Waals surface area contributed by atoms with Crippen LogP contribution in [0.4, 0.5) is 11.4 Å². The minimum atomic E-state index is -0.429. The fourth-order valence-corrected chi connectivity index (χ4v) is 4.89. The van der Waals surface area contributed by atoms with Gasteiger partial charge in [-0.15, -0.1) is 6.58 Å². The Morgan fingerprint density at radius 3 is 2.54 bits per heavy atom. The van der Waals surface area contributed by atoms with Gasteiger partial charge in [0.1, 0.15) is 0 Å². The second-order valence-electron chi connectivity index (χ2n) is 7.78. The summed E-state index contributed by atoms with van der Waals surface area (Å²) in [4.78, 5) is 30.8. The summed E-state index contributed by atoms with van der Waals surface area (Å²) in [6, 6.07) is 24.0. The molecule has 1 amide bonds. The lowest BCUT2D eigenvalue weighted by molar-refractivity contribution is -0.384. The molecule has 1 aromatic heterocycles. The van der Waals surface area contributed by atoms with E-state index in [0.29, 0.717) is 16.6 Å². The van der Waals surface area contributed by atoms with Gasteiger partial charge in [0.15, 0.2) is 5.17 Å². The van der Waals surface area contributed by atoms with E-state index in [0.717, 1.165) is 27.8 Å². The number of fused-ring (bicyclic) bond motifs is 1. The van der Waals surface area contributed by atoms with E-state index in [1.54, 1.807) is 23.1 Å². The van der Waals surface area contributed by atoms with Crippen molar-refractivity contribution in [2.75, 3.05) is 6.54 Å². The normalized spacial score (nSPS) is 15.9. The van der Waals surface area contributed by atoms with Crippen molar-refractivity contribution in [2.24, 2.45) is 4.99 Å². The number of aromatic nitrogens is 1. The number of nitro groups is 1. The molecule has 0 bridgehead atoms. The van der Waals surface area contributed by atoms with Crippen LogP contribution in [0.2, 0.25) is 0 Å². The summed E-state index contributed by atoms with van der Waals surface area (Å²) in [5.41, 5.74) is 2.36. The van der Waals surface area contributed by atoms with Crippen molar-refractivity contribution >= 4 is 51.1 Å². The maximum atomic E-state index is 13.3. The Bertz CT molecular complexity index is 1510. The van der Waals surface area contributed by atoms with Gasteiger partial charge in [0.2, 0.25) is 0 Å². The maximum absolute atomic E-state index is 13.3. The van der Waals surface area contributed by atoms with Crippen molar-refractivity contribution in [3.63, 3.8) is 0 Å². The zero-order valence-electron chi connectivity index (χ0n) is 18.6. The molecule has 1 aliphatic rings. The molecule has 0 N–H and O–H groups in total. The first kappa shape index (κ1) is 22.4. The number of benzene rings is 3. The second kappa shape index (κ2) is 9.44. The van der Waals surface area contributed by atoms with Crippen LogP contribution in [0.25, 0.3) is 22.5 Å². The number of hydrogen-bond donors (Lipinski definition) is 0.